The van der Waals surface area contributed by atoms with Crippen LogP contribution in [-0.4, -0.2) is 15.1 Å². The van der Waals surface area contributed by atoms with Crippen LogP contribution >= 0.6 is 0 Å². The van der Waals surface area contributed by atoms with E-state index in [0.29, 0.717) is 11.7 Å². The van der Waals surface area contributed by atoms with E-state index in [1.54, 1.807) is 12.4 Å². The molecular formula is C11H14N4O. The minimum absolute atomic E-state index is 0.219. The second kappa shape index (κ2) is 4.40. The molecule has 0 spiro atoms. The van der Waals surface area contributed by atoms with E-state index in [9.17, 15) is 0 Å². The molecule has 5 nitrogen and oxygen atoms in total. The predicted molar refractivity (Wildman–Crippen MR) is 59.3 cm³/mol. The molecule has 0 radical (unpaired) electrons. The van der Waals surface area contributed by atoms with Gasteiger partial charge < -0.3 is 10.3 Å². The zero-order valence-corrected chi connectivity index (χ0v) is 9.29. The van der Waals surface area contributed by atoms with E-state index in [2.05, 4.69) is 15.1 Å². The molecule has 0 aliphatic rings. The number of hydrogen-bond donors (Lipinski definition) is 1. The summed E-state index contributed by atoms with van der Waals surface area (Å²) >= 11 is 0. The standard InChI is InChI=1S/C11H14N4O/c1-7(2)9(12)11-14-10(15-16-11)8-3-5-13-6-4-8/h3-7,9H,12H2,1-2H3/t9-/m0/s1. The van der Waals surface area contributed by atoms with Crippen molar-refractivity contribution in [3.05, 3.63) is 30.4 Å². The Hall–Kier alpha value is -1.75. The summed E-state index contributed by atoms with van der Waals surface area (Å²) in [6, 6.07) is 3.44. The topological polar surface area (TPSA) is 77.8 Å². The lowest BCUT2D eigenvalue weighted by atomic mass is 10.1. The molecule has 0 amide bonds. The highest BCUT2D eigenvalue weighted by Crippen LogP contribution is 2.20. The van der Waals surface area contributed by atoms with Crippen LogP contribution in [0, 0.1) is 5.92 Å². The van der Waals surface area contributed by atoms with Gasteiger partial charge in [-0.3, -0.25) is 4.98 Å². The SMILES string of the molecule is CC(C)[C@H](N)c1nc(-c2ccncc2)no1. The van der Waals surface area contributed by atoms with Crippen LogP contribution in [-0.2, 0) is 0 Å². The maximum Gasteiger partial charge on any atom is 0.244 e. The van der Waals surface area contributed by atoms with Crippen molar-refractivity contribution < 1.29 is 4.52 Å². The van der Waals surface area contributed by atoms with Crippen molar-refractivity contribution >= 4 is 0 Å². The van der Waals surface area contributed by atoms with Crippen LogP contribution in [0.2, 0.25) is 0 Å². The van der Waals surface area contributed by atoms with E-state index in [0.717, 1.165) is 5.56 Å². The first-order valence-electron chi connectivity index (χ1n) is 5.18. The van der Waals surface area contributed by atoms with Gasteiger partial charge in [0.2, 0.25) is 11.7 Å². The minimum atomic E-state index is -0.219. The average Bonchev–Trinajstić information content (AvgIpc) is 2.78. The summed E-state index contributed by atoms with van der Waals surface area (Å²) in [5, 5.41) is 3.90. The van der Waals surface area contributed by atoms with E-state index >= 15 is 0 Å². The lowest BCUT2D eigenvalue weighted by molar-refractivity contribution is 0.325. The van der Waals surface area contributed by atoms with Crippen LogP contribution in [0.25, 0.3) is 11.4 Å². The minimum Gasteiger partial charge on any atom is -0.337 e. The number of pyridine rings is 1. The van der Waals surface area contributed by atoms with Crippen LogP contribution in [0.1, 0.15) is 25.8 Å². The van der Waals surface area contributed by atoms with Gasteiger partial charge in [-0.1, -0.05) is 19.0 Å². The summed E-state index contributed by atoms with van der Waals surface area (Å²) in [7, 11) is 0. The Morgan fingerprint density at radius 1 is 1.25 bits per heavy atom. The number of hydrogen-bond acceptors (Lipinski definition) is 5. The predicted octanol–water partition coefficient (Wildman–Crippen LogP) is 1.79. The summed E-state index contributed by atoms with van der Waals surface area (Å²) in [4.78, 5) is 8.20. The molecule has 2 N–H and O–H groups in total. The van der Waals surface area contributed by atoms with Crippen molar-refractivity contribution in [3.63, 3.8) is 0 Å². The number of rotatable bonds is 3. The van der Waals surface area contributed by atoms with Gasteiger partial charge in [0, 0.05) is 18.0 Å². The van der Waals surface area contributed by atoms with Crippen molar-refractivity contribution in [1.29, 1.82) is 0 Å². The van der Waals surface area contributed by atoms with E-state index in [1.165, 1.54) is 0 Å². The third-order valence-electron chi connectivity index (χ3n) is 2.38. The molecule has 5 heteroatoms. The van der Waals surface area contributed by atoms with Crippen LogP contribution in [0.15, 0.2) is 29.0 Å². The maximum atomic E-state index is 5.92. The lowest BCUT2D eigenvalue weighted by Gasteiger charge is -2.09. The van der Waals surface area contributed by atoms with Gasteiger partial charge in [-0.15, -0.1) is 0 Å². The first kappa shape index (κ1) is 10.8. The Labute approximate surface area is 93.7 Å². The van der Waals surface area contributed by atoms with Crippen molar-refractivity contribution in [3.8, 4) is 11.4 Å². The molecule has 0 saturated carbocycles. The van der Waals surface area contributed by atoms with Gasteiger partial charge in [-0.2, -0.15) is 4.98 Å². The molecule has 2 aromatic heterocycles. The third kappa shape index (κ3) is 2.09. The molecule has 2 aromatic rings. The van der Waals surface area contributed by atoms with Crippen molar-refractivity contribution in [2.75, 3.05) is 0 Å². The summed E-state index contributed by atoms with van der Waals surface area (Å²) in [6.45, 7) is 4.03. The summed E-state index contributed by atoms with van der Waals surface area (Å²) in [5.41, 5.74) is 6.80. The Balaban J connectivity index is 2.27. The second-order valence-corrected chi connectivity index (χ2v) is 3.96. The van der Waals surface area contributed by atoms with Crippen LogP contribution in [0.5, 0.6) is 0 Å². The third-order valence-corrected chi connectivity index (χ3v) is 2.38. The molecule has 16 heavy (non-hydrogen) atoms. The van der Waals surface area contributed by atoms with Crippen molar-refractivity contribution in [1.82, 2.24) is 15.1 Å². The highest BCUT2D eigenvalue weighted by atomic mass is 16.5. The summed E-state index contributed by atoms with van der Waals surface area (Å²) < 4.78 is 5.14. The van der Waals surface area contributed by atoms with Gasteiger partial charge in [0.25, 0.3) is 0 Å². The molecule has 0 bridgehead atoms. The normalized spacial score (nSPS) is 13.0. The summed E-state index contributed by atoms with van der Waals surface area (Å²) in [6.07, 6.45) is 3.38. The van der Waals surface area contributed by atoms with E-state index in [4.69, 9.17) is 10.3 Å². The Morgan fingerprint density at radius 2 is 1.94 bits per heavy atom. The van der Waals surface area contributed by atoms with Gasteiger partial charge in [0.15, 0.2) is 0 Å². The highest BCUT2D eigenvalue weighted by Gasteiger charge is 2.18. The van der Waals surface area contributed by atoms with E-state index in [1.807, 2.05) is 26.0 Å². The van der Waals surface area contributed by atoms with Gasteiger partial charge >= 0.3 is 0 Å². The molecule has 0 saturated heterocycles. The molecule has 0 aliphatic carbocycles. The van der Waals surface area contributed by atoms with E-state index in [-0.39, 0.29) is 12.0 Å². The van der Waals surface area contributed by atoms with Crippen LogP contribution in [0.3, 0.4) is 0 Å². The Bertz CT molecular complexity index is 452. The largest absolute Gasteiger partial charge is 0.337 e. The number of nitrogens with two attached hydrogens (primary N) is 1. The zero-order chi connectivity index (χ0) is 11.5. The first-order valence-corrected chi connectivity index (χ1v) is 5.18. The monoisotopic (exact) mass is 218 g/mol. The molecule has 84 valence electrons. The number of aromatic nitrogens is 3. The summed E-state index contributed by atoms with van der Waals surface area (Å²) in [5.74, 6) is 1.29. The molecule has 0 fully saturated rings. The molecule has 0 aromatic carbocycles. The maximum absolute atomic E-state index is 5.92. The fourth-order valence-electron chi connectivity index (χ4n) is 1.27. The van der Waals surface area contributed by atoms with Crippen LogP contribution < -0.4 is 5.73 Å². The molecule has 0 aliphatic heterocycles. The lowest BCUT2D eigenvalue weighted by Crippen LogP contribution is -2.16. The molecular weight excluding hydrogens is 204 g/mol. The van der Waals surface area contributed by atoms with Gasteiger partial charge in [-0.25, -0.2) is 0 Å². The fourth-order valence-corrected chi connectivity index (χ4v) is 1.27. The zero-order valence-electron chi connectivity index (χ0n) is 9.29. The first-order chi connectivity index (χ1) is 7.68. The molecule has 0 unspecified atom stereocenters. The van der Waals surface area contributed by atoms with Crippen molar-refractivity contribution in [2.45, 2.75) is 19.9 Å². The van der Waals surface area contributed by atoms with Crippen molar-refractivity contribution in [2.24, 2.45) is 11.7 Å². The molecule has 2 heterocycles. The number of nitrogens with zero attached hydrogens (tertiary/aromatic N) is 3. The molecule has 1 atom stereocenters. The molecule has 2 rings (SSSR count). The van der Waals surface area contributed by atoms with E-state index < -0.39 is 0 Å². The Morgan fingerprint density at radius 3 is 2.56 bits per heavy atom. The smallest absolute Gasteiger partial charge is 0.244 e. The quantitative estimate of drug-likeness (QED) is 0.849. The second-order valence-electron chi connectivity index (χ2n) is 3.96. The van der Waals surface area contributed by atoms with Gasteiger partial charge in [0.1, 0.15) is 0 Å². The Kier molecular flexibility index (Phi) is 2.96. The van der Waals surface area contributed by atoms with Crippen LogP contribution in [0.4, 0.5) is 0 Å². The van der Waals surface area contributed by atoms with Gasteiger partial charge in [-0.05, 0) is 18.1 Å². The fraction of sp³-hybridized carbons (Fsp3) is 0.364. The average molecular weight is 218 g/mol. The highest BCUT2D eigenvalue weighted by molar-refractivity contribution is 5.52. The van der Waals surface area contributed by atoms with Gasteiger partial charge in [0.05, 0.1) is 6.04 Å².